The van der Waals surface area contributed by atoms with Crippen molar-refractivity contribution in [1.29, 1.82) is 5.26 Å². The van der Waals surface area contributed by atoms with Gasteiger partial charge in [0.15, 0.2) is 6.10 Å². The number of nitrogens with one attached hydrogen (secondary N) is 2. The Morgan fingerprint density at radius 1 is 1.26 bits per heavy atom. The van der Waals surface area contributed by atoms with Gasteiger partial charge in [0.1, 0.15) is 5.56 Å². The van der Waals surface area contributed by atoms with Crippen molar-refractivity contribution in [3.8, 4) is 6.07 Å². The molecule has 1 atom stereocenters. The van der Waals surface area contributed by atoms with Crippen LogP contribution in [0, 0.1) is 11.3 Å². The third-order valence-electron chi connectivity index (χ3n) is 2.97. The summed E-state index contributed by atoms with van der Waals surface area (Å²) in [5.74, 6) is -1.43. The zero-order valence-corrected chi connectivity index (χ0v) is 12.2. The summed E-state index contributed by atoms with van der Waals surface area (Å²) in [5.41, 5.74) is 0.169. The number of hydrogen-bond donors (Lipinski definition) is 2. The Labute approximate surface area is 131 Å². The van der Waals surface area contributed by atoms with Gasteiger partial charge in [-0.3, -0.25) is 9.59 Å². The van der Waals surface area contributed by atoms with Gasteiger partial charge in [-0.05, 0) is 43.3 Å². The van der Waals surface area contributed by atoms with Gasteiger partial charge in [0.05, 0.1) is 11.6 Å². The molecule has 1 aromatic heterocycles. The highest BCUT2D eigenvalue weighted by atomic mass is 16.5. The molecule has 0 fully saturated rings. The number of ether oxygens (including phenoxy) is 1. The van der Waals surface area contributed by atoms with Crippen molar-refractivity contribution in [2.75, 3.05) is 5.32 Å². The van der Waals surface area contributed by atoms with Gasteiger partial charge in [0.25, 0.3) is 11.5 Å². The molecule has 7 nitrogen and oxygen atoms in total. The fourth-order valence-electron chi connectivity index (χ4n) is 1.73. The molecule has 0 aliphatic carbocycles. The Kier molecular flexibility index (Phi) is 4.89. The van der Waals surface area contributed by atoms with Crippen LogP contribution in [0.3, 0.4) is 0 Å². The molecule has 23 heavy (non-hydrogen) atoms. The molecule has 2 aromatic rings. The lowest BCUT2D eigenvalue weighted by Crippen LogP contribution is -2.31. The van der Waals surface area contributed by atoms with Crippen LogP contribution < -0.4 is 10.9 Å². The highest BCUT2D eigenvalue weighted by molar-refractivity contribution is 5.97. The van der Waals surface area contributed by atoms with Crippen LogP contribution in [0.4, 0.5) is 5.69 Å². The highest BCUT2D eigenvalue weighted by Gasteiger charge is 2.20. The molecule has 0 spiro atoms. The van der Waals surface area contributed by atoms with Crippen molar-refractivity contribution < 1.29 is 14.3 Å². The molecule has 0 aliphatic rings. The third kappa shape index (κ3) is 4.04. The van der Waals surface area contributed by atoms with E-state index >= 15 is 0 Å². The van der Waals surface area contributed by atoms with Crippen LogP contribution in [0.15, 0.2) is 47.4 Å². The van der Waals surface area contributed by atoms with Gasteiger partial charge in [0.2, 0.25) is 0 Å². The van der Waals surface area contributed by atoms with Crippen LogP contribution in [-0.2, 0) is 9.53 Å². The first-order valence-electron chi connectivity index (χ1n) is 6.71. The number of anilines is 1. The number of H-pyrrole nitrogens is 1. The Morgan fingerprint density at radius 2 is 1.96 bits per heavy atom. The summed E-state index contributed by atoms with van der Waals surface area (Å²) in [4.78, 5) is 37.7. The van der Waals surface area contributed by atoms with Gasteiger partial charge < -0.3 is 15.0 Å². The summed E-state index contributed by atoms with van der Waals surface area (Å²) in [7, 11) is 0. The number of carbonyl (C=O) groups is 2. The number of pyridine rings is 1. The quantitative estimate of drug-likeness (QED) is 0.829. The summed E-state index contributed by atoms with van der Waals surface area (Å²) < 4.78 is 4.97. The second-order valence-electron chi connectivity index (χ2n) is 4.64. The molecule has 0 saturated carbocycles. The lowest BCUT2D eigenvalue weighted by molar-refractivity contribution is -0.123. The molecule has 7 heteroatoms. The fourth-order valence-corrected chi connectivity index (χ4v) is 1.73. The van der Waals surface area contributed by atoms with Crippen molar-refractivity contribution in [2.24, 2.45) is 0 Å². The van der Waals surface area contributed by atoms with Gasteiger partial charge >= 0.3 is 5.97 Å². The maximum Gasteiger partial charge on any atom is 0.344 e. The molecule has 2 N–H and O–H groups in total. The smallest absolute Gasteiger partial charge is 0.344 e. The molecule has 0 radical (unpaired) electrons. The number of rotatable bonds is 4. The predicted octanol–water partition coefficient (Wildman–Crippen LogP) is 1.43. The number of nitrogens with zero attached hydrogens (tertiary/aromatic N) is 1. The van der Waals surface area contributed by atoms with Gasteiger partial charge in [-0.15, -0.1) is 0 Å². The minimum atomic E-state index is -1.09. The van der Waals surface area contributed by atoms with E-state index in [1.807, 2.05) is 6.07 Å². The summed E-state index contributed by atoms with van der Waals surface area (Å²) in [5, 5.41) is 11.3. The topological polar surface area (TPSA) is 112 Å². The van der Waals surface area contributed by atoms with Crippen LogP contribution in [-0.4, -0.2) is 23.0 Å². The van der Waals surface area contributed by atoms with Crippen LogP contribution >= 0.6 is 0 Å². The number of amides is 1. The summed E-state index contributed by atoms with van der Waals surface area (Å²) in [6.45, 7) is 1.40. The first-order chi connectivity index (χ1) is 11.0. The van der Waals surface area contributed by atoms with E-state index in [2.05, 4.69) is 10.3 Å². The minimum Gasteiger partial charge on any atom is -0.449 e. The molecule has 1 amide bonds. The van der Waals surface area contributed by atoms with Crippen molar-refractivity contribution >= 4 is 17.6 Å². The Bertz CT molecular complexity index is 818. The lowest BCUT2D eigenvalue weighted by atomic mass is 10.2. The second kappa shape index (κ2) is 7.04. The molecule has 0 aliphatic heterocycles. The molecule has 1 aromatic carbocycles. The van der Waals surface area contributed by atoms with Crippen molar-refractivity contribution in [2.45, 2.75) is 13.0 Å². The molecule has 0 unspecified atom stereocenters. The second-order valence-corrected chi connectivity index (χ2v) is 4.64. The van der Waals surface area contributed by atoms with Crippen LogP contribution in [0.25, 0.3) is 0 Å². The molecular formula is C16H13N3O4. The first-order valence-corrected chi connectivity index (χ1v) is 6.71. The maximum absolute atomic E-state index is 12.0. The van der Waals surface area contributed by atoms with E-state index in [4.69, 9.17) is 10.00 Å². The van der Waals surface area contributed by atoms with Gasteiger partial charge in [-0.1, -0.05) is 0 Å². The lowest BCUT2D eigenvalue weighted by Gasteiger charge is -2.13. The molecule has 1 heterocycles. The average molecular weight is 311 g/mol. The minimum absolute atomic E-state index is 0.175. The number of hydrogen-bond acceptors (Lipinski definition) is 5. The molecule has 0 saturated heterocycles. The standard InChI is InChI=1S/C16H13N3O4/c1-10(23-16(22)13-3-2-8-18-15(13)21)14(20)19-12-6-4-11(9-17)5-7-12/h2-8,10H,1H3,(H,18,21)(H,19,20)/t10-/m1/s1. The number of carbonyl (C=O) groups excluding carboxylic acids is 2. The van der Waals surface area contributed by atoms with E-state index in [0.717, 1.165) is 0 Å². The van der Waals surface area contributed by atoms with Crippen LogP contribution in [0.1, 0.15) is 22.8 Å². The first kappa shape index (κ1) is 16.0. The normalized spacial score (nSPS) is 11.1. The van der Waals surface area contributed by atoms with Crippen molar-refractivity contribution in [3.63, 3.8) is 0 Å². The predicted molar refractivity (Wildman–Crippen MR) is 81.7 cm³/mol. The number of esters is 1. The number of nitriles is 1. The number of aromatic amines is 1. The average Bonchev–Trinajstić information content (AvgIpc) is 2.55. The van der Waals surface area contributed by atoms with E-state index in [0.29, 0.717) is 11.3 Å². The largest absolute Gasteiger partial charge is 0.449 e. The zero-order valence-electron chi connectivity index (χ0n) is 12.2. The molecule has 2 rings (SSSR count). The Balaban J connectivity index is 1.99. The van der Waals surface area contributed by atoms with Crippen LogP contribution in [0.2, 0.25) is 0 Å². The SMILES string of the molecule is C[C@@H](OC(=O)c1ccc[nH]c1=O)C(=O)Nc1ccc(C#N)cc1. The maximum atomic E-state index is 12.0. The number of benzene rings is 1. The Hall–Kier alpha value is -3.40. The Morgan fingerprint density at radius 3 is 2.57 bits per heavy atom. The highest BCUT2D eigenvalue weighted by Crippen LogP contribution is 2.10. The fraction of sp³-hybridized carbons (Fsp3) is 0.125. The summed E-state index contributed by atoms with van der Waals surface area (Å²) >= 11 is 0. The molecule has 0 bridgehead atoms. The zero-order chi connectivity index (χ0) is 16.8. The summed E-state index contributed by atoms with van der Waals surface area (Å²) in [6, 6.07) is 11.0. The van der Waals surface area contributed by atoms with E-state index in [9.17, 15) is 14.4 Å². The van der Waals surface area contributed by atoms with Crippen molar-refractivity contribution in [3.05, 3.63) is 64.1 Å². The van der Waals surface area contributed by atoms with Gasteiger partial charge in [-0.25, -0.2) is 4.79 Å². The molecular weight excluding hydrogens is 298 g/mol. The number of aromatic nitrogens is 1. The van der Waals surface area contributed by atoms with E-state index in [-0.39, 0.29) is 5.56 Å². The van der Waals surface area contributed by atoms with E-state index in [1.165, 1.54) is 25.3 Å². The van der Waals surface area contributed by atoms with Gasteiger partial charge in [-0.2, -0.15) is 5.26 Å². The van der Waals surface area contributed by atoms with Crippen molar-refractivity contribution in [1.82, 2.24) is 4.98 Å². The third-order valence-corrected chi connectivity index (χ3v) is 2.97. The van der Waals surface area contributed by atoms with E-state index in [1.54, 1.807) is 24.3 Å². The van der Waals surface area contributed by atoms with E-state index < -0.39 is 23.5 Å². The van der Waals surface area contributed by atoms with Crippen LogP contribution in [0.5, 0.6) is 0 Å². The van der Waals surface area contributed by atoms with Gasteiger partial charge in [0, 0.05) is 11.9 Å². The monoisotopic (exact) mass is 311 g/mol. The summed E-state index contributed by atoms with van der Waals surface area (Å²) in [6.07, 6.45) is 0.304. The molecule has 116 valence electrons.